The van der Waals surface area contributed by atoms with Gasteiger partial charge in [-0.05, 0) is 92.5 Å². The highest BCUT2D eigenvalue weighted by Crippen LogP contribution is 2.40. The molecule has 1 saturated carbocycles. The number of thiazole rings is 1. The SMILES string of the molecule is CC(Nc1nc2ccc(Cl)cc2s1)[C@H]1CC[C@@H](c2ccnc3ccc(F)cc32)CC1. The maximum atomic E-state index is 13.8. The van der Waals surface area contributed by atoms with Crippen molar-refractivity contribution in [3.8, 4) is 0 Å². The number of benzene rings is 2. The quantitative estimate of drug-likeness (QED) is 0.359. The second-order valence-corrected chi connectivity index (χ2v) is 9.70. The van der Waals surface area contributed by atoms with Crippen LogP contribution in [-0.4, -0.2) is 16.0 Å². The van der Waals surface area contributed by atoms with Crippen molar-refractivity contribution >= 4 is 49.2 Å². The summed E-state index contributed by atoms with van der Waals surface area (Å²) >= 11 is 7.75. The van der Waals surface area contributed by atoms with Crippen LogP contribution in [-0.2, 0) is 0 Å². The van der Waals surface area contributed by atoms with E-state index in [9.17, 15) is 4.39 Å². The maximum Gasteiger partial charge on any atom is 0.184 e. The highest BCUT2D eigenvalue weighted by molar-refractivity contribution is 7.22. The first kappa shape index (κ1) is 19.7. The van der Waals surface area contributed by atoms with Gasteiger partial charge >= 0.3 is 0 Å². The lowest BCUT2D eigenvalue weighted by atomic mass is 9.75. The second kappa shape index (κ2) is 8.12. The third kappa shape index (κ3) is 3.88. The van der Waals surface area contributed by atoms with Gasteiger partial charge in [-0.3, -0.25) is 4.98 Å². The van der Waals surface area contributed by atoms with Gasteiger partial charge in [-0.15, -0.1) is 0 Å². The van der Waals surface area contributed by atoms with Gasteiger partial charge in [0.15, 0.2) is 5.13 Å². The Morgan fingerprint density at radius 3 is 2.70 bits per heavy atom. The summed E-state index contributed by atoms with van der Waals surface area (Å²) in [5.41, 5.74) is 3.10. The van der Waals surface area contributed by atoms with Gasteiger partial charge in [0.25, 0.3) is 0 Å². The largest absolute Gasteiger partial charge is 0.359 e. The average Bonchev–Trinajstić information content (AvgIpc) is 3.14. The van der Waals surface area contributed by atoms with Crippen LogP contribution in [0.15, 0.2) is 48.7 Å². The van der Waals surface area contributed by atoms with Gasteiger partial charge in [0.1, 0.15) is 5.82 Å². The van der Waals surface area contributed by atoms with Crippen molar-refractivity contribution in [1.29, 1.82) is 0 Å². The lowest BCUT2D eigenvalue weighted by Gasteiger charge is -2.33. The van der Waals surface area contributed by atoms with Crippen LogP contribution < -0.4 is 5.32 Å². The molecule has 0 radical (unpaired) electrons. The van der Waals surface area contributed by atoms with Gasteiger partial charge in [0, 0.05) is 22.6 Å². The molecule has 1 atom stereocenters. The summed E-state index contributed by atoms with van der Waals surface area (Å²) < 4.78 is 14.9. The Bertz CT molecular complexity index is 1200. The molecular formula is C24H23ClFN3S. The molecular weight excluding hydrogens is 417 g/mol. The lowest BCUT2D eigenvalue weighted by molar-refractivity contribution is 0.302. The highest BCUT2D eigenvalue weighted by atomic mass is 35.5. The minimum Gasteiger partial charge on any atom is -0.359 e. The number of fused-ring (bicyclic) bond motifs is 2. The lowest BCUT2D eigenvalue weighted by Crippen LogP contribution is -2.29. The number of nitrogens with one attached hydrogen (secondary N) is 1. The summed E-state index contributed by atoms with van der Waals surface area (Å²) in [7, 11) is 0. The maximum absolute atomic E-state index is 13.8. The van der Waals surface area contributed by atoms with Crippen LogP contribution in [0.4, 0.5) is 9.52 Å². The molecule has 0 amide bonds. The van der Waals surface area contributed by atoms with Crippen molar-refractivity contribution < 1.29 is 4.39 Å². The van der Waals surface area contributed by atoms with E-state index in [1.165, 1.54) is 11.6 Å². The number of halogens is 2. The van der Waals surface area contributed by atoms with Crippen molar-refractivity contribution in [2.75, 3.05) is 5.32 Å². The Morgan fingerprint density at radius 1 is 1.07 bits per heavy atom. The molecule has 6 heteroatoms. The molecule has 154 valence electrons. The zero-order valence-electron chi connectivity index (χ0n) is 16.7. The zero-order chi connectivity index (χ0) is 20.7. The predicted octanol–water partition coefficient (Wildman–Crippen LogP) is 7.41. The van der Waals surface area contributed by atoms with Crippen molar-refractivity contribution in [3.63, 3.8) is 0 Å². The number of pyridine rings is 1. The molecule has 1 fully saturated rings. The number of hydrogen-bond acceptors (Lipinski definition) is 4. The van der Waals surface area contributed by atoms with Gasteiger partial charge in [-0.25, -0.2) is 9.37 Å². The third-order valence-electron chi connectivity index (χ3n) is 6.36. The number of anilines is 1. The zero-order valence-corrected chi connectivity index (χ0v) is 18.3. The van der Waals surface area contributed by atoms with E-state index in [1.54, 1.807) is 23.5 Å². The molecule has 2 aromatic heterocycles. The summed E-state index contributed by atoms with van der Waals surface area (Å²) in [5.74, 6) is 0.868. The van der Waals surface area contributed by atoms with E-state index in [1.807, 2.05) is 24.4 Å². The summed E-state index contributed by atoms with van der Waals surface area (Å²) in [6.45, 7) is 2.25. The van der Waals surface area contributed by atoms with Crippen LogP contribution in [0, 0.1) is 11.7 Å². The van der Waals surface area contributed by atoms with Gasteiger partial charge in [0.2, 0.25) is 0 Å². The molecule has 0 aliphatic heterocycles. The summed E-state index contributed by atoms with van der Waals surface area (Å²) in [5, 5.41) is 6.27. The minimum absolute atomic E-state index is 0.194. The Balaban J connectivity index is 1.27. The first-order valence-corrected chi connectivity index (χ1v) is 11.6. The Labute approximate surface area is 184 Å². The Kier molecular flexibility index (Phi) is 5.34. The molecule has 3 nitrogen and oxygen atoms in total. The normalized spacial score (nSPS) is 20.5. The fraction of sp³-hybridized carbons (Fsp3) is 0.333. The first-order chi connectivity index (χ1) is 14.6. The third-order valence-corrected chi connectivity index (χ3v) is 7.54. The monoisotopic (exact) mass is 439 g/mol. The van der Waals surface area contributed by atoms with E-state index >= 15 is 0 Å². The predicted molar refractivity (Wildman–Crippen MR) is 124 cm³/mol. The van der Waals surface area contributed by atoms with Gasteiger partial charge in [-0.1, -0.05) is 22.9 Å². The fourth-order valence-corrected chi connectivity index (χ4v) is 5.94. The van der Waals surface area contributed by atoms with E-state index in [0.717, 1.165) is 57.0 Å². The summed E-state index contributed by atoms with van der Waals surface area (Å²) in [6.07, 6.45) is 6.37. The average molecular weight is 440 g/mol. The first-order valence-electron chi connectivity index (χ1n) is 10.4. The number of hydrogen-bond donors (Lipinski definition) is 1. The van der Waals surface area contributed by atoms with Gasteiger partial charge < -0.3 is 5.32 Å². The fourth-order valence-electron chi connectivity index (χ4n) is 4.70. The molecule has 4 aromatic rings. The van der Waals surface area contributed by atoms with Crippen LogP contribution in [0.2, 0.25) is 5.02 Å². The second-order valence-electron chi connectivity index (χ2n) is 8.24. The molecule has 1 N–H and O–H groups in total. The molecule has 0 spiro atoms. The van der Waals surface area contributed by atoms with E-state index in [0.29, 0.717) is 17.9 Å². The molecule has 0 saturated heterocycles. The Hall–Kier alpha value is -2.24. The summed E-state index contributed by atoms with van der Waals surface area (Å²) in [6, 6.07) is 13.1. The molecule has 1 aliphatic rings. The number of nitrogens with zero attached hydrogens (tertiary/aromatic N) is 2. The van der Waals surface area contributed by atoms with Crippen molar-refractivity contribution in [3.05, 3.63) is 65.1 Å². The molecule has 5 rings (SSSR count). The van der Waals surface area contributed by atoms with Gasteiger partial charge in [-0.2, -0.15) is 0 Å². The van der Waals surface area contributed by atoms with Crippen LogP contribution in [0.25, 0.3) is 21.1 Å². The van der Waals surface area contributed by atoms with Crippen LogP contribution in [0.5, 0.6) is 0 Å². The smallest absolute Gasteiger partial charge is 0.184 e. The molecule has 1 aliphatic carbocycles. The highest BCUT2D eigenvalue weighted by Gasteiger charge is 2.27. The van der Waals surface area contributed by atoms with Crippen molar-refractivity contribution in [2.24, 2.45) is 5.92 Å². The topological polar surface area (TPSA) is 37.8 Å². The minimum atomic E-state index is -0.194. The van der Waals surface area contributed by atoms with Crippen molar-refractivity contribution in [1.82, 2.24) is 9.97 Å². The van der Waals surface area contributed by atoms with Crippen LogP contribution >= 0.6 is 22.9 Å². The number of aromatic nitrogens is 2. The Morgan fingerprint density at radius 2 is 1.87 bits per heavy atom. The van der Waals surface area contributed by atoms with Crippen LogP contribution in [0.1, 0.15) is 44.1 Å². The summed E-state index contributed by atoms with van der Waals surface area (Å²) in [4.78, 5) is 9.10. The van der Waals surface area contributed by atoms with Gasteiger partial charge in [0.05, 0.1) is 15.7 Å². The van der Waals surface area contributed by atoms with Crippen LogP contribution in [0.3, 0.4) is 0 Å². The van der Waals surface area contributed by atoms with E-state index in [-0.39, 0.29) is 5.82 Å². The number of rotatable bonds is 4. The molecule has 1 unspecified atom stereocenters. The molecule has 2 aromatic carbocycles. The molecule has 0 bridgehead atoms. The van der Waals surface area contributed by atoms with Crippen molar-refractivity contribution in [2.45, 2.75) is 44.6 Å². The molecule has 2 heterocycles. The van der Waals surface area contributed by atoms with E-state index in [2.05, 4.69) is 23.3 Å². The standard InChI is InChI=1S/C24H23ClFN3S/c1-14(28-24-29-22-8-6-17(25)12-23(22)30-24)15-2-4-16(5-3-15)19-10-11-27-21-9-7-18(26)13-20(19)21/h6-16H,2-5H2,1H3,(H,28,29)/t14?,15-,16+. The molecule has 30 heavy (non-hydrogen) atoms. The van der Waals surface area contributed by atoms with E-state index in [4.69, 9.17) is 16.6 Å². The van der Waals surface area contributed by atoms with E-state index < -0.39 is 0 Å².